The Morgan fingerprint density at radius 1 is 0.489 bits per heavy atom. The average Bonchev–Trinajstić information content (AvgIpc) is 3.75. The van der Waals surface area contributed by atoms with E-state index in [-0.39, 0.29) is 6.04 Å². The molecule has 3 nitrogen and oxygen atoms in total. The van der Waals surface area contributed by atoms with Crippen molar-refractivity contribution in [2.75, 3.05) is 0 Å². The van der Waals surface area contributed by atoms with E-state index in [0.29, 0.717) is 0 Å². The van der Waals surface area contributed by atoms with Crippen molar-refractivity contribution in [3.63, 3.8) is 0 Å². The van der Waals surface area contributed by atoms with Gasteiger partial charge in [-0.3, -0.25) is 0 Å². The summed E-state index contributed by atoms with van der Waals surface area (Å²) in [5.41, 5.74) is 10.5. The summed E-state index contributed by atoms with van der Waals surface area (Å²) >= 11 is 0. The molecule has 3 aromatic heterocycles. The minimum atomic E-state index is 0.0874. The van der Waals surface area contributed by atoms with Gasteiger partial charge in [0.05, 0.1) is 22.6 Å². The third-order valence-electron chi connectivity index (χ3n) is 9.64. The maximum Gasteiger partial charge on any atom is 0.137 e. The van der Waals surface area contributed by atoms with Crippen LogP contribution in [0.3, 0.4) is 0 Å². The van der Waals surface area contributed by atoms with Gasteiger partial charge in [-0.15, -0.1) is 0 Å². The number of aromatic nitrogens is 2. The molecule has 1 unspecified atom stereocenters. The number of allylic oxidation sites excluding steroid dienone is 4. The molecule has 0 aliphatic heterocycles. The molecule has 0 saturated heterocycles. The Bertz CT molecular complexity index is 2630. The van der Waals surface area contributed by atoms with Gasteiger partial charge in [-0.2, -0.15) is 0 Å². The summed E-state index contributed by atoms with van der Waals surface area (Å²) in [6.07, 6.45) is 5.76. The number of benzene rings is 6. The summed E-state index contributed by atoms with van der Waals surface area (Å²) in [5.74, 6) is 0. The smallest absolute Gasteiger partial charge is 0.137 e. The van der Waals surface area contributed by atoms with E-state index in [2.05, 4.69) is 155 Å². The molecule has 10 rings (SSSR count). The van der Waals surface area contributed by atoms with Gasteiger partial charge in [0, 0.05) is 49.6 Å². The largest absolute Gasteiger partial charge is 0.456 e. The summed E-state index contributed by atoms with van der Waals surface area (Å²) in [5, 5.41) is 7.39. The van der Waals surface area contributed by atoms with Crippen molar-refractivity contribution in [1.82, 2.24) is 9.13 Å². The van der Waals surface area contributed by atoms with Gasteiger partial charge < -0.3 is 13.6 Å². The van der Waals surface area contributed by atoms with Crippen LogP contribution in [-0.2, 0) is 0 Å². The summed E-state index contributed by atoms with van der Waals surface area (Å²) < 4.78 is 11.4. The van der Waals surface area contributed by atoms with Crippen LogP contribution in [0, 0.1) is 0 Å². The quantitative estimate of drug-likeness (QED) is 0.205. The lowest BCUT2D eigenvalue weighted by Crippen LogP contribution is -2.13. The minimum Gasteiger partial charge on any atom is -0.456 e. The van der Waals surface area contributed by atoms with E-state index in [1.807, 2.05) is 6.07 Å². The third kappa shape index (κ3) is 3.58. The van der Waals surface area contributed by atoms with Crippen molar-refractivity contribution in [2.24, 2.45) is 0 Å². The number of para-hydroxylation sites is 4. The normalized spacial score (nSPS) is 15.5. The van der Waals surface area contributed by atoms with E-state index >= 15 is 0 Å². The van der Waals surface area contributed by atoms with Crippen LogP contribution in [-0.4, -0.2) is 9.13 Å². The Morgan fingerprint density at radius 2 is 1.09 bits per heavy atom. The van der Waals surface area contributed by atoms with Crippen LogP contribution in [0.5, 0.6) is 0 Å². The Balaban J connectivity index is 1.28. The van der Waals surface area contributed by atoms with Crippen molar-refractivity contribution in [1.29, 1.82) is 0 Å². The molecule has 212 valence electrons. The summed E-state index contributed by atoms with van der Waals surface area (Å²) in [7, 11) is 0. The molecule has 0 bridgehead atoms. The molecular weight excluding hydrogens is 548 g/mol. The highest BCUT2D eigenvalue weighted by Crippen LogP contribution is 2.44. The molecule has 0 radical (unpaired) electrons. The zero-order chi connectivity index (χ0) is 29.5. The molecule has 0 saturated carbocycles. The molecule has 0 N–H and O–H groups in total. The maximum absolute atomic E-state index is 6.42. The topological polar surface area (TPSA) is 23.0 Å². The summed E-state index contributed by atoms with van der Waals surface area (Å²) in [6, 6.07) is 50.3. The molecule has 3 heteroatoms. The highest BCUT2D eigenvalue weighted by molar-refractivity contribution is 6.17. The first-order chi connectivity index (χ1) is 22.3. The van der Waals surface area contributed by atoms with Crippen molar-refractivity contribution < 1.29 is 4.42 Å². The van der Waals surface area contributed by atoms with Crippen LogP contribution in [0.2, 0.25) is 0 Å². The Kier molecular flexibility index (Phi) is 5.11. The second kappa shape index (κ2) is 9.35. The van der Waals surface area contributed by atoms with Crippen LogP contribution in [0.1, 0.15) is 18.0 Å². The van der Waals surface area contributed by atoms with E-state index in [9.17, 15) is 0 Å². The van der Waals surface area contributed by atoms with E-state index < -0.39 is 0 Å². The highest BCUT2D eigenvalue weighted by atomic mass is 16.3. The summed E-state index contributed by atoms with van der Waals surface area (Å²) in [6.45, 7) is 0. The van der Waals surface area contributed by atoms with Crippen LogP contribution in [0.4, 0.5) is 0 Å². The van der Waals surface area contributed by atoms with Crippen LogP contribution in [0.25, 0.3) is 76.8 Å². The lowest BCUT2D eigenvalue weighted by Gasteiger charge is -2.26. The molecule has 6 aromatic carbocycles. The van der Waals surface area contributed by atoms with E-state index in [4.69, 9.17) is 4.42 Å². The van der Waals surface area contributed by atoms with E-state index in [0.717, 1.165) is 28.4 Å². The number of fused-ring (bicyclic) bond motifs is 9. The zero-order valence-electron chi connectivity index (χ0n) is 24.5. The van der Waals surface area contributed by atoms with Crippen molar-refractivity contribution in [3.05, 3.63) is 157 Å². The monoisotopic (exact) mass is 576 g/mol. The number of hydrogen-bond donors (Lipinski definition) is 0. The fourth-order valence-electron chi connectivity index (χ4n) is 7.70. The molecule has 1 aliphatic rings. The molecule has 45 heavy (non-hydrogen) atoms. The fourth-order valence-corrected chi connectivity index (χ4v) is 7.70. The van der Waals surface area contributed by atoms with Crippen molar-refractivity contribution in [2.45, 2.75) is 12.5 Å². The third-order valence-corrected chi connectivity index (χ3v) is 9.64. The predicted molar refractivity (Wildman–Crippen MR) is 189 cm³/mol. The average molecular weight is 577 g/mol. The SMILES string of the molecule is C1=C(c2ccccc2)CC(n2c3ccccc3c3cc4c(cc32)oc2ccccc24)C=C1n1c2ccccc2c2ccccc21. The van der Waals surface area contributed by atoms with E-state index in [1.165, 1.54) is 60.4 Å². The molecule has 9 aromatic rings. The number of furan rings is 1. The van der Waals surface area contributed by atoms with Gasteiger partial charge in [-0.25, -0.2) is 0 Å². The zero-order valence-corrected chi connectivity index (χ0v) is 24.5. The summed E-state index contributed by atoms with van der Waals surface area (Å²) in [4.78, 5) is 0. The number of rotatable bonds is 3. The Hall–Kier alpha value is -5.80. The highest BCUT2D eigenvalue weighted by Gasteiger charge is 2.25. The lowest BCUT2D eigenvalue weighted by atomic mass is 9.92. The fraction of sp³-hybridized carbons (Fsp3) is 0.0476. The first-order valence-corrected chi connectivity index (χ1v) is 15.6. The van der Waals surface area contributed by atoms with Crippen molar-refractivity contribution >= 4 is 76.8 Å². The van der Waals surface area contributed by atoms with Gasteiger partial charge in [0.25, 0.3) is 0 Å². The lowest BCUT2D eigenvalue weighted by molar-refractivity contribution is 0.652. The number of hydrogen-bond acceptors (Lipinski definition) is 1. The predicted octanol–water partition coefficient (Wildman–Crippen LogP) is 11.4. The van der Waals surface area contributed by atoms with Gasteiger partial charge in [0.1, 0.15) is 11.2 Å². The standard InChI is InChI=1S/C42H28N2O/c1-2-12-27(13-3-1)28-22-29(43-37-18-8-4-14-31(37)32-15-5-9-19-38(32)43)24-30(23-28)44-39-20-10-6-16-33(39)35-25-36-34-17-7-11-21-41(34)45-42(36)26-40(35)44/h1-22,24-26,30H,23H2. The van der Waals surface area contributed by atoms with Crippen LogP contribution in [0.15, 0.2) is 156 Å². The van der Waals surface area contributed by atoms with Crippen LogP contribution >= 0.6 is 0 Å². The van der Waals surface area contributed by atoms with Gasteiger partial charge in [0.15, 0.2) is 0 Å². The van der Waals surface area contributed by atoms with Crippen LogP contribution < -0.4 is 0 Å². The molecule has 0 spiro atoms. The first kappa shape index (κ1) is 24.6. The second-order valence-electron chi connectivity index (χ2n) is 12.1. The Morgan fingerprint density at radius 3 is 1.82 bits per heavy atom. The number of nitrogens with zero attached hydrogens (tertiary/aromatic N) is 2. The van der Waals surface area contributed by atoms with Crippen molar-refractivity contribution in [3.8, 4) is 0 Å². The second-order valence-corrected chi connectivity index (χ2v) is 12.1. The van der Waals surface area contributed by atoms with Gasteiger partial charge in [-0.05, 0) is 60.0 Å². The molecule has 1 aliphatic carbocycles. The van der Waals surface area contributed by atoms with Gasteiger partial charge in [0.2, 0.25) is 0 Å². The van der Waals surface area contributed by atoms with Gasteiger partial charge in [-0.1, -0.05) is 103 Å². The Labute approximate surface area is 259 Å². The molecule has 3 heterocycles. The van der Waals surface area contributed by atoms with E-state index in [1.54, 1.807) is 0 Å². The maximum atomic E-state index is 6.42. The van der Waals surface area contributed by atoms with Gasteiger partial charge >= 0.3 is 0 Å². The molecule has 0 fully saturated rings. The first-order valence-electron chi connectivity index (χ1n) is 15.6. The molecule has 0 amide bonds. The molecular formula is C42H28N2O. The molecule has 1 atom stereocenters. The minimum absolute atomic E-state index is 0.0874.